The Bertz CT molecular complexity index is 1400. The van der Waals surface area contributed by atoms with Gasteiger partial charge in [-0.25, -0.2) is 9.36 Å². The van der Waals surface area contributed by atoms with Crippen LogP contribution in [0, 0.1) is 6.92 Å². The van der Waals surface area contributed by atoms with Gasteiger partial charge < -0.3 is 4.90 Å². The molecule has 0 saturated heterocycles. The number of benzene rings is 2. The molecule has 4 aromatic rings. The third-order valence-electron chi connectivity index (χ3n) is 5.08. The van der Waals surface area contributed by atoms with Crippen LogP contribution in [-0.4, -0.2) is 34.0 Å². The molecule has 0 radical (unpaired) electrons. The number of carbonyl (C=O) groups is 1. The number of hydrogen-bond acceptors (Lipinski definition) is 4. The Morgan fingerprint density at radius 2 is 1.68 bits per heavy atom. The molecule has 2 heterocycles. The molecule has 0 aliphatic heterocycles. The molecule has 2 aromatic carbocycles. The highest BCUT2D eigenvalue weighted by molar-refractivity contribution is 7.20. The summed E-state index contributed by atoms with van der Waals surface area (Å²) in [4.78, 5) is 42.1. The molecule has 0 spiro atoms. The standard InChI is InChI=1S/C23H20ClN3O3S/c1-14-18-20(28)27(17-11-9-16(24)10-12-17)23(30)26(13-15-7-5-4-6-8-15)22(18)31-19(14)21(29)25(2)3/h4-12H,13H2,1-3H3. The summed E-state index contributed by atoms with van der Waals surface area (Å²) in [6, 6.07) is 16.1. The number of halogens is 1. The molecule has 6 nitrogen and oxygen atoms in total. The van der Waals surface area contributed by atoms with E-state index in [1.807, 2.05) is 30.3 Å². The van der Waals surface area contributed by atoms with E-state index in [1.165, 1.54) is 16.2 Å². The Kier molecular flexibility index (Phi) is 5.56. The molecular weight excluding hydrogens is 434 g/mol. The van der Waals surface area contributed by atoms with Crippen LogP contribution < -0.4 is 11.2 Å². The van der Waals surface area contributed by atoms with Crippen molar-refractivity contribution in [3.8, 4) is 5.69 Å². The Morgan fingerprint density at radius 3 is 2.29 bits per heavy atom. The first-order chi connectivity index (χ1) is 14.8. The van der Waals surface area contributed by atoms with Gasteiger partial charge in [0.15, 0.2) is 0 Å². The van der Waals surface area contributed by atoms with E-state index in [0.29, 0.717) is 31.4 Å². The SMILES string of the molecule is Cc1c(C(=O)N(C)C)sc2c1c(=O)n(-c1ccc(Cl)cc1)c(=O)n2Cc1ccccc1. The molecule has 158 valence electrons. The first-order valence-electron chi connectivity index (χ1n) is 9.60. The zero-order valence-corrected chi connectivity index (χ0v) is 18.8. The van der Waals surface area contributed by atoms with Crippen LogP contribution in [0.5, 0.6) is 0 Å². The zero-order valence-electron chi connectivity index (χ0n) is 17.3. The monoisotopic (exact) mass is 453 g/mol. The molecule has 0 N–H and O–H groups in total. The Morgan fingerprint density at radius 1 is 1.03 bits per heavy atom. The van der Waals surface area contributed by atoms with Crippen molar-refractivity contribution in [3.63, 3.8) is 0 Å². The normalized spacial score (nSPS) is 11.1. The average Bonchev–Trinajstić information content (AvgIpc) is 3.10. The van der Waals surface area contributed by atoms with Crippen molar-refractivity contribution in [1.29, 1.82) is 0 Å². The Labute approximate surface area is 187 Å². The molecule has 31 heavy (non-hydrogen) atoms. The molecule has 4 rings (SSSR count). The second-order valence-electron chi connectivity index (χ2n) is 7.41. The van der Waals surface area contributed by atoms with Crippen LogP contribution in [0.4, 0.5) is 0 Å². The van der Waals surface area contributed by atoms with E-state index in [-0.39, 0.29) is 12.5 Å². The lowest BCUT2D eigenvalue weighted by Crippen LogP contribution is -2.38. The van der Waals surface area contributed by atoms with Gasteiger partial charge in [-0.15, -0.1) is 11.3 Å². The molecule has 0 fully saturated rings. The number of nitrogens with zero attached hydrogens (tertiary/aromatic N) is 3. The summed E-state index contributed by atoms with van der Waals surface area (Å²) >= 11 is 7.17. The van der Waals surface area contributed by atoms with Gasteiger partial charge in [-0.3, -0.25) is 14.2 Å². The highest BCUT2D eigenvalue weighted by Gasteiger charge is 2.24. The number of fused-ring (bicyclic) bond motifs is 1. The third-order valence-corrected chi connectivity index (χ3v) is 6.64. The number of aryl methyl sites for hydroxylation is 1. The Balaban J connectivity index is 2.08. The predicted octanol–water partition coefficient (Wildman–Crippen LogP) is 3.93. The van der Waals surface area contributed by atoms with E-state index < -0.39 is 11.2 Å². The van der Waals surface area contributed by atoms with Gasteiger partial charge in [0.2, 0.25) is 0 Å². The third kappa shape index (κ3) is 3.71. The molecule has 2 aromatic heterocycles. The number of carbonyl (C=O) groups excluding carboxylic acids is 1. The largest absolute Gasteiger partial charge is 0.344 e. The molecule has 8 heteroatoms. The minimum atomic E-state index is -0.464. The van der Waals surface area contributed by atoms with Gasteiger partial charge in [0, 0.05) is 19.1 Å². The van der Waals surface area contributed by atoms with E-state index in [2.05, 4.69) is 0 Å². The molecular formula is C23H20ClN3O3S. The summed E-state index contributed by atoms with van der Waals surface area (Å²) in [6.45, 7) is 2.03. The van der Waals surface area contributed by atoms with Gasteiger partial charge in [-0.1, -0.05) is 41.9 Å². The van der Waals surface area contributed by atoms with Crippen molar-refractivity contribution in [3.05, 3.63) is 96.5 Å². The fourth-order valence-electron chi connectivity index (χ4n) is 3.48. The smallest absolute Gasteiger partial charge is 0.337 e. The summed E-state index contributed by atoms with van der Waals surface area (Å²) in [5.41, 5.74) is 1.01. The van der Waals surface area contributed by atoms with Gasteiger partial charge in [0.05, 0.1) is 22.5 Å². The molecule has 0 atom stereocenters. The summed E-state index contributed by atoms with van der Waals surface area (Å²) < 4.78 is 2.70. The minimum absolute atomic E-state index is 0.199. The maximum Gasteiger partial charge on any atom is 0.337 e. The van der Waals surface area contributed by atoms with Crippen molar-refractivity contribution < 1.29 is 4.79 Å². The van der Waals surface area contributed by atoms with Crippen molar-refractivity contribution in [2.24, 2.45) is 0 Å². The lowest BCUT2D eigenvalue weighted by molar-refractivity contribution is 0.0831. The van der Waals surface area contributed by atoms with Crippen LogP contribution in [0.1, 0.15) is 20.8 Å². The second kappa shape index (κ2) is 8.17. The van der Waals surface area contributed by atoms with Gasteiger partial charge >= 0.3 is 5.69 Å². The van der Waals surface area contributed by atoms with E-state index in [1.54, 1.807) is 49.9 Å². The second-order valence-corrected chi connectivity index (χ2v) is 8.84. The first-order valence-corrected chi connectivity index (χ1v) is 10.8. The molecule has 0 aliphatic carbocycles. The summed E-state index contributed by atoms with van der Waals surface area (Å²) in [5.74, 6) is -0.199. The average molecular weight is 454 g/mol. The van der Waals surface area contributed by atoms with E-state index in [0.717, 1.165) is 10.1 Å². The van der Waals surface area contributed by atoms with Crippen LogP contribution in [0.15, 0.2) is 64.2 Å². The van der Waals surface area contributed by atoms with E-state index in [9.17, 15) is 14.4 Å². The number of rotatable bonds is 4. The number of hydrogen-bond donors (Lipinski definition) is 0. The Hall–Kier alpha value is -3.16. The number of amides is 1. The predicted molar refractivity (Wildman–Crippen MR) is 125 cm³/mol. The fraction of sp³-hybridized carbons (Fsp3) is 0.174. The molecule has 1 amide bonds. The van der Waals surface area contributed by atoms with Crippen LogP contribution in [0.2, 0.25) is 5.02 Å². The lowest BCUT2D eigenvalue weighted by atomic mass is 10.2. The maximum absolute atomic E-state index is 13.5. The van der Waals surface area contributed by atoms with Crippen LogP contribution in [0.25, 0.3) is 15.9 Å². The van der Waals surface area contributed by atoms with Crippen molar-refractivity contribution in [1.82, 2.24) is 14.0 Å². The first kappa shape index (κ1) is 21.1. The van der Waals surface area contributed by atoms with E-state index in [4.69, 9.17) is 11.6 Å². The van der Waals surface area contributed by atoms with E-state index >= 15 is 0 Å². The molecule has 0 saturated carbocycles. The lowest BCUT2D eigenvalue weighted by Gasteiger charge is -2.12. The van der Waals surface area contributed by atoms with Crippen molar-refractivity contribution in [2.75, 3.05) is 14.1 Å². The summed E-state index contributed by atoms with van der Waals surface area (Å²) in [6.07, 6.45) is 0. The zero-order chi connectivity index (χ0) is 22.3. The highest BCUT2D eigenvalue weighted by Crippen LogP contribution is 2.29. The highest BCUT2D eigenvalue weighted by atomic mass is 35.5. The maximum atomic E-state index is 13.5. The van der Waals surface area contributed by atoms with Crippen molar-refractivity contribution >= 4 is 39.1 Å². The molecule has 0 aliphatic rings. The van der Waals surface area contributed by atoms with Gasteiger partial charge in [0.1, 0.15) is 4.83 Å². The van der Waals surface area contributed by atoms with Gasteiger partial charge in [0.25, 0.3) is 11.5 Å². The summed E-state index contributed by atoms with van der Waals surface area (Å²) in [7, 11) is 3.32. The number of thiophene rings is 1. The molecule has 0 bridgehead atoms. The summed E-state index contributed by atoms with van der Waals surface area (Å²) in [5, 5.41) is 0.883. The fourth-order valence-corrected chi connectivity index (χ4v) is 4.92. The van der Waals surface area contributed by atoms with Crippen LogP contribution >= 0.6 is 22.9 Å². The quantitative estimate of drug-likeness (QED) is 0.470. The van der Waals surface area contributed by atoms with Gasteiger partial charge in [-0.2, -0.15) is 0 Å². The number of aromatic nitrogens is 2. The van der Waals surface area contributed by atoms with Crippen molar-refractivity contribution in [2.45, 2.75) is 13.5 Å². The minimum Gasteiger partial charge on any atom is -0.344 e. The van der Waals surface area contributed by atoms with Gasteiger partial charge in [-0.05, 0) is 42.3 Å². The van der Waals surface area contributed by atoms with Crippen LogP contribution in [-0.2, 0) is 6.54 Å². The van der Waals surface area contributed by atoms with Crippen LogP contribution in [0.3, 0.4) is 0 Å². The molecule has 0 unspecified atom stereocenters. The topological polar surface area (TPSA) is 64.3 Å².